The lowest BCUT2D eigenvalue weighted by Gasteiger charge is -2.42. The molecule has 0 radical (unpaired) electrons. The smallest absolute Gasteiger partial charge is 0.219 e. The first-order valence-electron chi connectivity index (χ1n) is 19.0. The van der Waals surface area contributed by atoms with Crippen molar-refractivity contribution in [3.63, 3.8) is 0 Å². The molecule has 0 aromatic heterocycles. The second-order valence-corrected chi connectivity index (χ2v) is 15.3. The van der Waals surface area contributed by atoms with Crippen LogP contribution in [0.25, 0.3) is 0 Å². The first-order chi connectivity index (χ1) is 25.5. The molecule has 11 nitrogen and oxygen atoms in total. The lowest BCUT2D eigenvalue weighted by molar-refractivity contribution is -0.127. The van der Waals surface area contributed by atoms with Gasteiger partial charge in [0.1, 0.15) is 5.75 Å². The number of nitrogens with one attached hydrogen (secondary N) is 1. The number of fused-ring (bicyclic) bond motifs is 1. The Hall–Kier alpha value is -3.00. The van der Waals surface area contributed by atoms with Gasteiger partial charge in [-0.1, -0.05) is 63.1 Å². The Morgan fingerprint density at radius 2 is 1.89 bits per heavy atom. The minimum atomic E-state index is -1.37. The number of morpholine rings is 1. The van der Waals surface area contributed by atoms with E-state index in [9.17, 15) is 24.0 Å². The summed E-state index contributed by atoms with van der Waals surface area (Å²) in [6, 6.07) is 12.2. The van der Waals surface area contributed by atoms with Gasteiger partial charge in [0.25, 0.3) is 0 Å². The molecule has 1 saturated carbocycles. The van der Waals surface area contributed by atoms with E-state index in [2.05, 4.69) is 34.7 Å². The maximum atomic E-state index is 11.4. The highest BCUT2D eigenvalue weighted by Gasteiger charge is 2.38. The van der Waals surface area contributed by atoms with E-state index in [4.69, 9.17) is 21.1 Å². The second-order valence-electron chi connectivity index (χ2n) is 13.6. The van der Waals surface area contributed by atoms with Crippen molar-refractivity contribution in [2.75, 3.05) is 64.5 Å². The van der Waals surface area contributed by atoms with Gasteiger partial charge in [-0.3, -0.25) is 14.3 Å². The number of anilines is 1. The zero-order valence-corrected chi connectivity index (χ0v) is 33.9. The first-order valence-corrected chi connectivity index (χ1v) is 20.5. The van der Waals surface area contributed by atoms with Gasteiger partial charge in [0, 0.05) is 57.6 Å². The summed E-state index contributed by atoms with van der Waals surface area (Å²) in [4.78, 5) is 25.4. The lowest BCUT2D eigenvalue weighted by Crippen LogP contribution is -2.44. The van der Waals surface area contributed by atoms with E-state index in [0.717, 1.165) is 67.2 Å². The zero-order chi connectivity index (χ0) is 38.9. The Balaban J connectivity index is 0.000000494. The van der Waals surface area contributed by atoms with E-state index in [1.807, 2.05) is 44.2 Å². The lowest BCUT2D eigenvalue weighted by atomic mass is 9.70. The highest BCUT2D eigenvalue weighted by atomic mass is 35.5. The number of aryl methyl sites for hydroxylation is 1. The van der Waals surface area contributed by atoms with Crippen molar-refractivity contribution in [1.82, 2.24) is 13.9 Å². The predicted molar refractivity (Wildman–Crippen MR) is 213 cm³/mol. The van der Waals surface area contributed by atoms with Crippen LogP contribution in [-0.4, -0.2) is 102 Å². The van der Waals surface area contributed by atoms with E-state index in [-0.39, 0.29) is 17.7 Å². The van der Waals surface area contributed by atoms with Crippen molar-refractivity contribution in [1.29, 1.82) is 0 Å². The van der Waals surface area contributed by atoms with Crippen LogP contribution in [0.5, 0.6) is 5.75 Å². The zero-order valence-electron chi connectivity index (χ0n) is 32.3. The Kier molecular flexibility index (Phi) is 19.3. The van der Waals surface area contributed by atoms with Crippen molar-refractivity contribution in [3.8, 4) is 5.75 Å². The highest BCUT2D eigenvalue weighted by molar-refractivity contribution is 7.81. The predicted octanol–water partition coefficient (Wildman–Crippen LogP) is 5.81. The molecule has 5 rings (SSSR count). The van der Waals surface area contributed by atoms with Crippen LogP contribution in [0.2, 0.25) is 5.02 Å². The minimum Gasteiger partial charge on any atom is -0.491 e. The fraction of sp³-hybridized carbons (Fsp3) is 0.600. The number of rotatable bonds is 14. The minimum absolute atomic E-state index is 0.0483. The van der Waals surface area contributed by atoms with E-state index in [1.165, 1.54) is 11.1 Å². The number of carbonyl (C=O) groups excluding carboxylic acids is 2. The van der Waals surface area contributed by atoms with Crippen molar-refractivity contribution in [3.05, 3.63) is 70.3 Å². The molecule has 0 bridgehead atoms. The summed E-state index contributed by atoms with van der Waals surface area (Å²) in [5.74, 6) is 1.60. The first kappa shape index (κ1) is 44.4. The number of hydrogen-bond donors (Lipinski definition) is 3. The Morgan fingerprint density at radius 3 is 2.51 bits per heavy atom. The molecule has 2 aliphatic heterocycles. The van der Waals surface area contributed by atoms with Gasteiger partial charge in [0.15, 0.2) is 11.2 Å². The summed E-state index contributed by atoms with van der Waals surface area (Å²) in [6.07, 6.45) is 8.07. The molecular weight excluding hydrogens is 716 g/mol. The summed E-state index contributed by atoms with van der Waals surface area (Å²) >= 11 is 5.00. The number of amides is 2. The molecule has 13 heteroatoms. The fourth-order valence-corrected chi connectivity index (χ4v) is 7.68. The van der Waals surface area contributed by atoms with Crippen LogP contribution >= 0.6 is 11.6 Å². The van der Waals surface area contributed by atoms with Gasteiger partial charge in [0.05, 0.1) is 37.7 Å². The van der Waals surface area contributed by atoms with Crippen molar-refractivity contribution < 1.29 is 33.5 Å². The van der Waals surface area contributed by atoms with Crippen molar-refractivity contribution in [2.24, 2.45) is 11.8 Å². The van der Waals surface area contributed by atoms with Crippen molar-refractivity contribution >= 4 is 40.8 Å². The molecule has 296 valence electrons. The van der Waals surface area contributed by atoms with Gasteiger partial charge in [-0.15, -0.1) is 0 Å². The van der Waals surface area contributed by atoms with Gasteiger partial charge in [-0.05, 0) is 85.4 Å². The Morgan fingerprint density at radius 1 is 1.15 bits per heavy atom. The molecule has 1 saturated heterocycles. The number of benzene rings is 2. The molecule has 2 fully saturated rings. The van der Waals surface area contributed by atoms with Crippen molar-refractivity contribution in [2.45, 2.75) is 84.8 Å². The van der Waals surface area contributed by atoms with Crippen LogP contribution in [-0.2, 0) is 31.9 Å². The van der Waals surface area contributed by atoms with E-state index in [0.29, 0.717) is 51.8 Å². The monoisotopic (exact) mass is 776 g/mol. The number of hydrogen-bond acceptors (Lipinski definition) is 8. The van der Waals surface area contributed by atoms with E-state index < -0.39 is 23.4 Å². The van der Waals surface area contributed by atoms with Crippen LogP contribution < -0.4 is 14.4 Å². The number of carbonyl (C=O) groups is 2. The summed E-state index contributed by atoms with van der Waals surface area (Å²) in [7, 11) is 1.79. The van der Waals surface area contributed by atoms with Gasteiger partial charge >= 0.3 is 0 Å². The number of ether oxygens (including phenoxy) is 2. The maximum absolute atomic E-state index is 11.4. The van der Waals surface area contributed by atoms with Crippen LogP contribution in [0.4, 0.5) is 5.69 Å². The quantitative estimate of drug-likeness (QED) is 0.162. The van der Waals surface area contributed by atoms with Crippen LogP contribution in [0.15, 0.2) is 48.6 Å². The third kappa shape index (κ3) is 13.4. The number of halogens is 1. The van der Waals surface area contributed by atoms with Gasteiger partial charge < -0.3 is 29.5 Å². The molecule has 2 amide bonds. The van der Waals surface area contributed by atoms with E-state index >= 15 is 0 Å². The van der Waals surface area contributed by atoms with Crippen LogP contribution in [0.3, 0.4) is 0 Å². The molecule has 0 spiro atoms. The summed E-state index contributed by atoms with van der Waals surface area (Å²) < 4.78 is 26.3. The summed E-state index contributed by atoms with van der Waals surface area (Å²) in [6.45, 7) is 14.7. The standard InChI is InChI=1S/C33H45ClN2O4.C5H10N2O3S.C2H6/c1-5-8-25-17-28(34)12-14-29(25)27-20-36(31-18-24(22(2)37)11-15-33(31)40-21-27)19-26-10-13-30(26)32(39)9-6-7-16-35(4)23(3)38;8-5-6-11(9)7-1-3-10-4-2-7;1-2/h6,9,11-12,14-15,17-18,22,26-27,30,32,37,39H,5,7-8,10,13,16,19-21H2,1-4H3;5H,1-4H2,(H,6,8);1-2H3/b9-6+;;. The molecule has 2 heterocycles. The average Bonchev–Trinajstić information content (AvgIpc) is 3.32. The SMILES string of the molecule is CC.CCCc1cc(Cl)ccc1C1COc2ccc(C(C)O)cc2N(CC2CCC2C(O)/C=C/CCN(C)C(C)=O)C1.O=CNS(=O)N1CCOCC1. The molecule has 1 aliphatic carbocycles. The number of aliphatic hydroxyl groups is 2. The van der Waals surface area contributed by atoms with Crippen LogP contribution in [0.1, 0.15) is 89.0 Å². The number of nitrogens with zero attached hydrogens (tertiary/aromatic N) is 3. The largest absolute Gasteiger partial charge is 0.491 e. The summed E-state index contributed by atoms with van der Waals surface area (Å²) in [5, 5.41) is 22.1. The number of aliphatic hydroxyl groups excluding tert-OH is 2. The maximum Gasteiger partial charge on any atom is 0.219 e. The molecule has 53 heavy (non-hydrogen) atoms. The van der Waals surface area contributed by atoms with Crippen LogP contribution in [0, 0.1) is 11.8 Å². The Labute approximate surface area is 324 Å². The third-order valence-electron chi connectivity index (χ3n) is 9.98. The van der Waals surface area contributed by atoms with E-state index in [1.54, 1.807) is 30.1 Å². The topological polar surface area (TPSA) is 132 Å². The molecule has 6 unspecified atom stereocenters. The fourth-order valence-electron chi connectivity index (χ4n) is 6.78. The molecular formula is C40H61ClN4O7S. The molecule has 3 aliphatic rings. The molecule has 6 atom stereocenters. The third-order valence-corrected chi connectivity index (χ3v) is 11.3. The average molecular weight is 777 g/mol. The van der Waals surface area contributed by atoms with Gasteiger partial charge in [0.2, 0.25) is 12.3 Å². The Bertz CT molecular complexity index is 1490. The van der Waals surface area contributed by atoms with Gasteiger partial charge in [-0.25, -0.2) is 8.51 Å². The highest BCUT2D eigenvalue weighted by Crippen LogP contribution is 2.43. The molecule has 3 N–H and O–H groups in total. The summed E-state index contributed by atoms with van der Waals surface area (Å²) in [5.41, 5.74) is 4.43. The molecule has 2 aromatic carbocycles. The second kappa shape index (κ2) is 23.0. The molecule has 2 aromatic rings. The normalized spacial score (nSPS) is 21.5. The van der Waals surface area contributed by atoms with Gasteiger partial charge in [-0.2, -0.15) is 0 Å².